The summed E-state index contributed by atoms with van der Waals surface area (Å²) in [6.07, 6.45) is 8.14. The van der Waals surface area contributed by atoms with Crippen molar-refractivity contribution >= 4 is 5.91 Å². The van der Waals surface area contributed by atoms with Gasteiger partial charge in [-0.25, -0.2) is 0 Å². The van der Waals surface area contributed by atoms with Gasteiger partial charge in [0.1, 0.15) is 0 Å². The van der Waals surface area contributed by atoms with Crippen molar-refractivity contribution < 1.29 is 4.79 Å². The van der Waals surface area contributed by atoms with Gasteiger partial charge in [-0.2, -0.15) is 0 Å². The van der Waals surface area contributed by atoms with Gasteiger partial charge < -0.3 is 10.6 Å². The maximum atomic E-state index is 11.6. The first-order valence-electron chi connectivity index (χ1n) is 6.81. The van der Waals surface area contributed by atoms with Crippen LogP contribution >= 0.6 is 0 Å². The summed E-state index contributed by atoms with van der Waals surface area (Å²) >= 11 is 0. The van der Waals surface area contributed by atoms with Crippen LogP contribution in [-0.4, -0.2) is 25.0 Å². The molecule has 2 N–H and O–H groups in total. The average molecular weight is 222 g/mol. The lowest BCUT2D eigenvalue weighted by atomic mass is 9.89. The first-order valence-corrected chi connectivity index (χ1v) is 6.81. The number of rotatable bonds is 5. The Morgan fingerprint density at radius 1 is 1.12 bits per heavy atom. The molecule has 16 heavy (non-hydrogen) atoms. The molecule has 3 aliphatic carbocycles. The largest absolute Gasteiger partial charge is 0.355 e. The lowest BCUT2D eigenvalue weighted by Crippen LogP contribution is -2.38. The highest BCUT2D eigenvalue weighted by Gasteiger charge is 2.39. The van der Waals surface area contributed by atoms with Gasteiger partial charge >= 0.3 is 0 Å². The fraction of sp³-hybridized carbons (Fsp3) is 0.923. The van der Waals surface area contributed by atoms with E-state index in [9.17, 15) is 4.79 Å². The van der Waals surface area contributed by atoms with Crippen LogP contribution in [0.3, 0.4) is 0 Å². The van der Waals surface area contributed by atoms with Gasteiger partial charge in [0.25, 0.3) is 0 Å². The van der Waals surface area contributed by atoms with Crippen LogP contribution in [0.4, 0.5) is 0 Å². The SMILES string of the molecule is O=C(CNC1CC1)NCC1CC2CCC1C2. The van der Waals surface area contributed by atoms with Crippen LogP contribution in [0.2, 0.25) is 0 Å². The molecule has 0 spiro atoms. The van der Waals surface area contributed by atoms with Gasteiger partial charge in [-0.15, -0.1) is 0 Å². The molecular weight excluding hydrogens is 200 g/mol. The average Bonchev–Trinajstić information content (AvgIpc) is 2.89. The van der Waals surface area contributed by atoms with E-state index in [2.05, 4.69) is 10.6 Å². The van der Waals surface area contributed by atoms with Crippen LogP contribution in [0.25, 0.3) is 0 Å². The number of hydrogen-bond donors (Lipinski definition) is 2. The third-order valence-corrected chi connectivity index (χ3v) is 4.57. The van der Waals surface area contributed by atoms with Gasteiger partial charge in [0.15, 0.2) is 0 Å². The summed E-state index contributed by atoms with van der Waals surface area (Å²) in [6, 6.07) is 0.633. The van der Waals surface area contributed by atoms with Crippen molar-refractivity contribution in [1.82, 2.24) is 10.6 Å². The molecule has 0 aliphatic heterocycles. The van der Waals surface area contributed by atoms with Crippen molar-refractivity contribution in [2.45, 2.75) is 44.6 Å². The van der Waals surface area contributed by atoms with Gasteiger partial charge in [0.2, 0.25) is 5.91 Å². The maximum absolute atomic E-state index is 11.6. The maximum Gasteiger partial charge on any atom is 0.233 e. The summed E-state index contributed by atoms with van der Waals surface area (Å²) in [7, 11) is 0. The van der Waals surface area contributed by atoms with Crippen molar-refractivity contribution in [3.05, 3.63) is 0 Å². The fourth-order valence-corrected chi connectivity index (χ4v) is 3.46. The number of hydrogen-bond acceptors (Lipinski definition) is 2. The van der Waals surface area contributed by atoms with Crippen LogP contribution in [0.5, 0.6) is 0 Å². The Morgan fingerprint density at radius 2 is 2.00 bits per heavy atom. The monoisotopic (exact) mass is 222 g/mol. The van der Waals surface area contributed by atoms with E-state index in [-0.39, 0.29) is 5.91 Å². The molecule has 3 nitrogen and oxygen atoms in total. The van der Waals surface area contributed by atoms with Crippen LogP contribution in [0.15, 0.2) is 0 Å². The van der Waals surface area contributed by atoms with E-state index in [0.717, 1.165) is 24.3 Å². The molecule has 90 valence electrons. The molecule has 3 atom stereocenters. The first kappa shape index (κ1) is 10.6. The Bertz CT molecular complexity index is 275. The number of nitrogens with one attached hydrogen (secondary N) is 2. The Balaban J connectivity index is 1.34. The highest BCUT2D eigenvalue weighted by Crippen LogP contribution is 2.47. The molecule has 0 aromatic rings. The van der Waals surface area contributed by atoms with Gasteiger partial charge in [-0.3, -0.25) is 4.79 Å². The lowest BCUT2D eigenvalue weighted by Gasteiger charge is -2.21. The minimum absolute atomic E-state index is 0.190. The second-order valence-corrected chi connectivity index (χ2v) is 5.89. The molecule has 0 aromatic carbocycles. The molecule has 0 saturated heterocycles. The third kappa shape index (κ3) is 2.40. The standard InChI is InChI=1S/C13H22N2O/c16-13(8-14-12-3-4-12)15-7-11-6-9-1-2-10(11)5-9/h9-12,14H,1-8H2,(H,15,16). The van der Waals surface area contributed by atoms with Crippen molar-refractivity contribution in [3.8, 4) is 0 Å². The molecule has 1 amide bonds. The van der Waals surface area contributed by atoms with Crippen LogP contribution in [0, 0.1) is 17.8 Å². The molecule has 2 bridgehead atoms. The molecule has 3 aliphatic rings. The summed E-state index contributed by atoms with van der Waals surface area (Å²) in [5, 5.41) is 6.34. The predicted octanol–water partition coefficient (Wildman–Crippen LogP) is 1.29. The van der Waals surface area contributed by atoms with E-state index >= 15 is 0 Å². The molecule has 3 heteroatoms. The second-order valence-electron chi connectivity index (χ2n) is 5.89. The zero-order chi connectivity index (χ0) is 11.0. The molecule has 3 saturated carbocycles. The van der Waals surface area contributed by atoms with Crippen LogP contribution in [-0.2, 0) is 4.79 Å². The van der Waals surface area contributed by atoms with E-state index in [1.54, 1.807) is 0 Å². The summed E-state index contributed by atoms with van der Waals surface area (Å²) < 4.78 is 0. The summed E-state index contributed by atoms with van der Waals surface area (Å²) in [4.78, 5) is 11.6. The second kappa shape index (κ2) is 4.36. The number of amides is 1. The smallest absolute Gasteiger partial charge is 0.233 e. The quantitative estimate of drug-likeness (QED) is 0.736. The van der Waals surface area contributed by atoms with Crippen molar-refractivity contribution in [2.75, 3.05) is 13.1 Å². The molecule has 3 unspecified atom stereocenters. The molecular formula is C13H22N2O. The fourth-order valence-electron chi connectivity index (χ4n) is 3.46. The van der Waals surface area contributed by atoms with Gasteiger partial charge in [0.05, 0.1) is 6.54 Å². The zero-order valence-corrected chi connectivity index (χ0v) is 9.87. The normalized spacial score (nSPS) is 36.6. The number of carbonyl (C=O) groups is 1. The summed E-state index contributed by atoms with van der Waals surface area (Å²) in [5.74, 6) is 2.87. The number of fused-ring (bicyclic) bond motifs is 2. The summed E-state index contributed by atoms with van der Waals surface area (Å²) in [5.41, 5.74) is 0. The van der Waals surface area contributed by atoms with Crippen molar-refractivity contribution in [3.63, 3.8) is 0 Å². The lowest BCUT2D eigenvalue weighted by molar-refractivity contribution is -0.120. The molecule has 0 radical (unpaired) electrons. The minimum atomic E-state index is 0.190. The van der Waals surface area contributed by atoms with E-state index in [1.807, 2.05) is 0 Å². The Hall–Kier alpha value is -0.570. The summed E-state index contributed by atoms with van der Waals surface area (Å²) in [6.45, 7) is 1.44. The topological polar surface area (TPSA) is 41.1 Å². The van der Waals surface area contributed by atoms with Gasteiger partial charge in [-0.1, -0.05) is 6.42 Å². The van der Waals surface area contributed by atoms with Gasteiger partial charge in [0, 0.05) is 12.6 Å². The van der Waals surface area contributed by atoms with Gasteiger partial charge in [-0.05, 0) is 49.9 Å². The molecule has 3 rings (SSSR count). The Morgan fingerprint density at radius 3 is 2.62 bits per heavy atom. The van der Waals surface area contributed by atoms with E-state index < -0.39 is 0 Å². The molecule has 0 heterocycles. The number of carbonyl (C=O) groups excluding carboxylic acids is 1. The van der Waals surface area contributed by atoms with Crippen LogP contribution < -0.4 is 10.6 Å². The first-order chi connectivity index (χ1) is 7.81. The minimum Gasteiger partial charge on any atom is -0.355 e. The molecule has 3 fully saturated rings. The van der Waals surface area contributed by atoms with Crippen molar-refractivity contribution in [2.24, 2.45) is 17.8 Å². The van der Waals surface area contributed by atoms with E-state index in [4.69, 9.17) is 0 Å². The Labute approximate surface area is 97.4 Å². The van der Waals surface area contributed by atoms with E-state index in [1.165, 1.54) is 38.5 Å². The highest BCUT2D eigenvalue weighted by molar-refractivity contribution is 5.78. The third-order valence-electron chi connectivity index (χ3n) is 4.57. The Kier molecular flexibility index (Phi) is 2.88. The van der Waals surface area contributed by atoms with E-state index in [0.29, 0.717) is 12.6 Å². The van der Waals surface area contributed by atoms with Crippen molar-refractivity contribution in [1.29, 1.82) is 0 Å². The predicted molar refractivity (Wildman–Crippen MR) is 63.0 cm³/mol. The molecule has 0 aromatic heterocycles. The van der Waals surface area contributed by atoms with Crippen LogP contribution in [0.1, 0.15) is 38.5 Å². The zero-order valence-electron chi connectivity index (χ0n) is 9.87. The highest BCUT2D eigenvalue weighted by atomic mass is 16.1.